The number of hydrogen-bond donors (Lipinski definition) is 0. The molecule has 4 saturated heterocycles. The van der Waals surface area contributed by atoms with Gasteiger partial charge in [-0.15, -0.1) is 0 Å². The lowest BCUT2D eigenvalue weighted by atomic mass is 9.93. The zero-order valence-electron chi connectivity index (χ0n) is 25.8. The molecule has 5 aliphatic heterocycles. The molecule has 4 fully saturated rings. The molecule has 0 amide bonds. The lowest BCUT2D eigenvalue weighted by molar-refractivity contribution is -0.166. The number of hydrogen-bond acceptors (Lipinski definition) is 10. The highest BCUT2D eigenvalue weighted by atomic mass is 16.7. The SMILES string of the molecule is O=C1c2ccc(OC3CCCCO3)cc2N=C(c2ccc(OC3CCCCO3)c(OC3CCCCO3)c2)C1OC1CCCCO1. The normalized spacial score (nSPS) is 28.9. The van der Waals surface area contributed by atoms with Crippen LogP contribution in [0.15, 0.2) is 41.4 Å². The third kappa shape index (κ3) is 7.52. The van der Waals surface area contributed by atoms with Gasteiger partial charge < -0.3 is 37.9 Å². The average Bonchev–Trinajstić information content (AvgIpc) is 3.08. The van der Waals surface area contributed by atoms with E-state index in [-0.39, 0.29) is 24.7 Å². The van der Waals surface area contributed by atoms with Gasteiger partial charge in [0.05, 0.1) is 31.2 Å². The highest BCUT2D eigenvalue weighted by Crippen LogP contribution is 2.38. The van der Waals surface area contributed by atoms with Gasteiger partial charge in [0, 0.05) is 43.1 Å². The summed E-state index contributed by atoms with van der Waals surface area (Å²) >= 11 is 0. The second-order valence-electron chi connectivity index (χ2n) is 12.3. The number of ketones is 1. The Morgan fingerprint density at radius 1 is 0.600 bits per heavy atom. The number of benzene rings is 2. The summed E-state index contributed by atoms with van der Waals surface area (Å²) in [5, 5.41) is 0. The van der Waals surface area contributed by atoms with E-state index in [0.717, 1.165) is 77.0 Å². The Balaban J connectivity index is 1.23. The third-order valence-electron chi connectivity index (χ3n) is 8.83. The number of carbonyl (C=O) groups is 1. The fraction of sp³-hybridized carbons (Fsp3) is 0.600. The second-order valence-corrected chi connectivity index (χ2v) is 12.3. The van der Waals surface area contributed by atoms with Gasteiger partial charge in [0.1, 0.15) is 5.75 Å². The van der Waals surface area contributed by atoms with Crippen LogP contribution in [0.3, 0.4) is 0 Å². The van der Waals surface area contributed by atoms with Crippen molar-refractivity contribution in [3.8, 4) is 17.2 Å². The van der Waals surface area contributed by atoms with Crippen LogP contribution in [-0.4, -0.2) is 69.2 Å². The summed E-state index contributed by atoms with van der Waals surface area (Å²) in [4.78, 5) is 19.1. The van der Waals surface area contributed by atoms with Crippen LogP contribution < -0.4 is 14.2 Å². The molecule has 242 valence electrons. The Bertz CT molecular complexity index is 1340. The average molecular weight is 622 g/mol. The van der Waals surface area contributed by atoms with E-state index in [1.54, 1.807) is 12.1 Å². The molecule has 5 heterocycles. The fourth-order valence-corrected chi connectivity index (χ4v) is 6.36. The molecule has 7 rings (SSSR count). The summed E-state index contributed by atoms with van der Waals surface area (Å²) in [6.07, 6.45) is 8.85. The molecular weight excluding hydrogens is 578 g/mol. The molecule has 5 atom stereocenters. The summed E-state index contributed by atoms with van der Waals surface area (Å²) in [5.41, 5.74) is 2.20. The first-order chi connectivity index (χ1) is 22.2. The van der Waals surface area contributed by atoms with Gasteiger partial charge in [-0.25, -0.2) is 4.99 Å². The summed E-state index contributed by atoms with van der Waals surface area (Å²) in [6.45, 7) is 2.61. The first-order valence-electron chi connectivity index (χ1n) is 16.7. The quantitative estimate of drug-likeness (QED) is 0.305. The van der Waals surface area contributed by atoms with Crippen LogP contribution in [0.4, 0.5) is 5.69 Å². The van der Waals surface area contributed by atoms with E-state index in [1.165, 1.54) is 0 Å². The molecule has 2 aromatic carbocycles. The van der Waals surface area contributed by atoms with Crippen molar-refractivity contribution < 1.29 is 42.7 Å². The number of fused-ring (bicyclic) bond motifs is 1. The number of nitrogens with zero attached hydrogens (tertiary/aromatic N) is 1. The van der Waals surface area contributed by atoms with Gasteiger partial charge in [-0.1, -0.05) is 0 Å². The topological polar surface area (TPSA) is 103 Å². The predicted molar refractivity (Wildman–Crippen MR) is 165 cm³/mol. The van der Waals surface area contributed by atoms with Crippen LogP contribution >= 0.6 is 0 Å². The van der Waals surface area contributed by atoms with E-state index in [2.05, 4.69) is 0 Å². The van der Waals surface area contributed by atoms with Crippen molar-refractivity contribution in [2.75, 3.05) is 26.4 Å². The van der Waals surface area contributed by atoms with Crippen LogP contribution in [0.25, 0.3) is 0 Å². The summed E-state index contributed by atoms with van der Waals surface area (Å²) < 4.78 is 48.7. The van der Waals surface area contributed by atoms with E-state index in [1.807, 2.05) is 24.3 Å². The van der Waals surface area contributed by atoms with E-state index in [9.17, 15) is 4.79 Å². The van der Waals surface area contributed by atoms with Crippen molar-refractivity contribution in [2.24, 2.45) is 4.99 Å². The maximum absolute atomic E-state index is 14.1. The second kappa shape index (κ2) is 14.6. The van der Waals surface area contributed by atoms with Crippen molar-refractivity contribution in [2.45, 2.75) is 108 Å². The largest absolute Gasteiger partial charge is 0.465 e. The monoisotopic (exact) mass is 621 g/mol. The first-order valence-corrected chi connectivity index (χ1v) is 16.7. The van der Waals surface area contributed by atoms with E-state index < -0.39 is 12.4 Å². The van der Waals surface area contributed by atoms with Crippen molar-refractivity contribution in [1.29, 1.82) is 0 Å². The highest BCUT2D eigenvalue weighted by molar-refractivity contribution is 6.25. The molecule has 45 heavy (non-hydrogen) atoms. The third-order valence-corrected chi connectivity index (χ3v) is 8.83. The summed E-state index contributed by atoms with van der Waals surface area (Å²) in [6, 6.07) is 11.0. The van der Waals surface area contributed by atoms with Gasteiger partial charge in [-0.2, -0.15) is 0 Å². The zero-order chi connectivity index (χ0) is 30.4. The Morgan fingerprint density at radius 2 is 1.18 bits per heavy atom. The molecular formula is C35H43NO9. The molecule has 0 spiro atoms. The molecule has 5 unspecified atom stereocenters. The van der Waals surface area contributed by atoms with Crippen molar-refractivity contribution in [1.82, 2.24) is 0 Å². The first kappa shape index (κ1) is 30.6. The standard InChI is InChI=1S/C35H43NO9/c37-34-25-15-14-24(42-29-9-1-5-17-38-29)22-26(25)36-33(35(34)45-32-12-4-8-20-41-32)23-13-16-27(43-30-10-2-6-18-39-30)28(21-23)44-31-11-3-7-19-40-31/h13-16,21-22,29-32,35H,1-12,17-20H2. The van der Waals surface area contributed by atoms with Gasteiger partial charge >= 0.3 is 0 Å². The van der Waals surface area contributed by atoms with Gasteiger partial charge in [0.25, 0.3) is 0 Å². The van der Waals surface area contributed by atoms with E-state index in [4.69, 9.17) is 42.9 Å². The number of aliphatic imine (C=N–C) groups is 1. The van der Waals surface area contributed by atoms with Crippen LogP contribution in [0.5, 0.6) is 17.2 Å². The molecule has 0 saturated carbocycles. The van der Waals surface area contributed by atoms with Gasteiger partial charge in [0.15, 0.2) is 48.5 Å². The molecule has 5 aliphatic rings. The maximum Gasteiger partial charge on any atom is 0.200 e. The van der Waals surface area contributed by atoms with E-state index >= 15 is 0 Å². The lowest BCUT2D eigenvalue weighted by Gasteiger charge is -2.31. The maximum atomic E-state index is 14.1. The lowest BCUT2D eigenvalue weighted by Crippen LogP contribution is -2.40. The molecule has 2 aromatic rings. The number of Topliss-reactive ketones (excluding diaryl/α,β-unsaturated/α-hetero) is 1. The smallest absolute Gasteiger partial charge is 0.200 e. The Kier molecular flexibility index (Phi) is 9.94. The molecule has 0 bridgehead atoms. The molecule has 0 radical (unpaired) electrons. The number of rotatable bonds is 9. The van der Waals surface area contributed by atoms with Crippen molar-refractivity contribution >= 4 is 17.2 Å². The van der Waals surface area contributed by atoms with Gasteiger partial charge in [0.2, 0.25) is 0 Å². The zero-order valence-corrected chi connectivity index (χ0v) is 25.8. The minimum Gasteiger partial charge on any atom is -0.465 e. The van der Waals surface area contributed by atoms with E-state index in [0.29, 0.717) is 66.2 Å². The number of ether oxygens (including phenoxy) is 8. The molecule has 0 aromatic heterocycles. The Labute approximate surface area is 264 Å². The van der Waals surface area contributed by atoms with Crippen molar-refractivity contribution in [3.05, 3.63) is 47.5 Å². The van der Waals surface area contributed by atoms with Crippen molar-refractivity contribution in [3.63, 3.8) is 0 Å². The predicted octanol–water partition coefficient (Wildman–Crippen LogP) is 6.63. The molecule has 10 nitrogen and oxygen atoms in total. The minimum absolute atomic E-state index is 0.168. The minimum atomic E-state index is -0.943. The van der Waals surface area contributed by atoms with Gasteiger partial charge in [-0.3, -0.25) is 4.79 Å². The van der Waals surface area contributed by atoms with Crippen LogP contribution in [0.1, 0.15) is 93.0 Å². The summed E-state index contributed by atoms with van der Waals surface area (Å²) in [5.74, 6) is 1.54. The van der Waals surface area contributed by atoms with Crippen LogP contribution in [-0.2, 0) is 23.7 Å². The molecule has 0 N–H and O–H groups in total. The fourth-order valence-electron chi connectivity index (χ4n) is 6.36. The molecule has 0 aliphatic carbocycles. The Hall–Kier alpha value is -3.02. The van der Waals surface area contributed by atoms with Gasteiger partial charge in [-0.05, 0) is 88.1 Å². The summed E-state index contributed by atoms with van der Waals surface area (Å²) in [7, 11) is 0. The molecule has 10 heteroatoms. The van der Waals surface area contributed by atoms with Crippen LogP contribution in [0.2, 0.25) is 0 Å². The Morgan fingerprint density at radius 3 is 1.78 bits per heavy atom. The highest BCUT2D eigenvalue weighted by Gasteiger charge is 2.37. The number of carbonyl (C=O) groups excluding carboxylic acids is 1. The van der Waals surface area contributed by atoms with Crippen LogP contribution in [0, 0.1) is 0 Å².